The van der Waals surface area contributed by atoms with Crippen LogP contribution in [0.2, 0.25) is 0 Å². The number of ether oxygens (including phenoxy) is 1. The van der Waals surface area contributed by atoms with Gasteiger partial charge >= 0.3 is 0 Å². The number of nitrogens with zero attached hydrogens (tertiary/aromatic N) is 4. The molecule has 2 aromatic carbocycles. The van der Waals surface area contributed by atoms with E-state index < -0.39 is 0 Å². The van der Waals surface area contributed by atoms with Gasteiger partial charge in [-0.3, -0.25) is 10.3 Å². The Morgan fingerprint density at radius 3 is 2.65 bits per heavy atom. The zero-order valence-electron chi connectivity index (χ0n) is 14.3. The van der Waals surface area contributed by atoms with Gasteiger partial charge in [-0.15, -0.1) is 5.10 Å². The first kappa shape index (κ1) is 18.0. The Morgan fingerprint density at radius 2 is 1.92 bits per heavy atom. The zero-order valence-corrected chi connectivity index (χ0v) is 15.1. The second-order valence-corrected chi connectivity index (χ2v) is 6.28. The molecule has 0 saturated carbocycles. The molecule has 3 rings (SSSR count). The fourth-order valence-corrected chi connectivity index (χ4v) is 2.93. The highest BCUT2D eigenvalue weighted by Gasteiger charge is 2.08. The molecular formula is C18H19N5O2S. The largest absolute Gasteiger partial charge is 0.493 e. The molecule has 0 unspecified atom stereocenters. The first-order chi connectivity index (χ1) is 12.8. The van der Waals surface area contributed by atoms with Crippen LogP contribution in [0.4, 0.5) is 0 Å². The topological polar surface area (TPSA) is 74.1 Å². The van der Waals surface area contributed by atoms with Crippen LogP contribution in [0.5, 0.6) is 5.75 Å². The van der Waals surface area contributed by atoms with Gasteiger partial charge in [-0.2, -0.15) is 4.68 Å². The molecule has 1 aromatic heterocycles. The highest BCUT2D eigenvalue weighted by Crippen LogP contribution is 2.19. The summed E-state index contributed by atoms with van der Waals surface area (Å²) in [5, 5.41) is 12.6. The number of benzene rings is 2. The van der Waals surface area contributed by atoms with Crippen molar-refractivity contribution in [3.63, 3.8) is 0 Å². The molecule has 0 atom stereocenters. The summed E-state index contributed by atoms with van der Waals surface area (Å²) < 4.78 is 7.48. The number of thioether (sulfide) groups is 1. The Bertz CT molecular complexity index is 836. The van der Waals surface area contributed by atoms with Crippen molar-refractivity contribution >= 4 is 17.5 Å². The first-order valence-corrected chi connectivity index (χ1v) is 8.94. The highest BCUT2D eigenvalue weighted by molar-refractivity contribution is 7.99. The van der Waals surface area contributed by atoms with Crippen molar-refractivity contribution in [1.82, 2.24) is 25.7 Å². The summed E-state index contributed by atoms with van der Waals surface area (Å²) in [4.78, 5) is 4.84. The summed E-state index contributed by atoms with van der Waals surface area (Å²) in [6, 6.07) is 17.4. The van der Waals surface area contributed by atoms with Crippen molar-refractivity contribution in [3.05, 3.63) is 66.7 Å². The van der Waals surface area contributed by atoms with Gasteiger partial charge in [-0.25, -0.2) is 0 Å². The Hall–Kier alpha value is -2.84. The Kier molecular flexibility index (Phi) is 6.24. The lowest BCUT2D eigenvalue weighted by atomic mass is 10.2. The van der Waals surface area contributed by atoms with E-state index in [9.17, 15) is 0 Å². The van der Waals surface area contributed by atoms with Gasteiger partial charge in [0.15, 0.2) is 0 Å². The van der Waals surface area contributed by atoms with Gasteiger partial charge in [0.1, 0.15) is 5.75 Å². The average Bonchev–Trinajstić information content (AvgIpc) is 3.15. The van der Waals surface area contributed by atoms with Crippen LogP contribution in [0.3, 0.4) is 0 Å². The van der Waals surface area contributed by atoms with Crippen LogP contribution in [0.15, 0.2) is 66.3 Å². The number of para-hydroxylation sites is 1. The van der Waals surface area contributed by atoms with Gasteiger partial charge in [0.05, 0.1) is 25.1 Å². The third-order valence-electron chi connectivity index (χ3n) is 3.45. The second kappa shape index (κ2) is 9.02. The minimum absolute atomic E-state index is 0.545. The lowest BCUT2D eigenvalue weighted by Crippen LogP contribution is -2.08. The SMILES string of the molecule is C=C(NOC)c1ccc(OCCSc2nnnn2-c2ccccc2)cc1. The van der Waals surface area contributed by atoms with E-state index in [1.54, 1.807) is 23.6 Å². The monoisotopic (exact) mass is 369 g/mol. The van der Waals surface area contributed by atoms with E-state index in [1.165, 1.54) is 0 Å². The van der Waals surface area contributed by atoms with Crippen LogP contribution in [-0.4, -0.2) is 39.7 Å². The molecule has 0 aliphatic rings. The molecule has 3 aromatic rings. The number of hydrogen-bond donors (Lipinski definition) is 1. The molecule has 0 fully saturated rings. The minimum Gasteiger partial charge on any atom is -0.493 e. The standard InChI is InChI=1S/C18H19N5O2S/c1-14(20-24-2)15-8-10-17(11-9-15)25-12-13-26-18-19-21-22-23(18)16-6-4-3-5-7-16/h3-11,20H,1,12-13H2,2H3. The molecule has 0 amide bonds. The molecule has 0 radical (unpaired) electrons. The number of nitrogens with one attached hydrogen (secondary N) is 1. The van der Waals surface area contributed by atoms with Crippen LogP contribution < -0.4 is 10.2 Å². The van der Waals surface area contributed by atoms with Crippen LogP contribution in [-0.2, 0) is 4.84 Å². The third-order valence-corrected chi connectivity index (χ3v) is 4.34. The molecule has 7 nitrogen and oxygen atoms in total. The number of hydrogen-bond acceptors (Lipinski definition) is 7. The first-order valence-electron chi connectivity index (χ1n) is 7.95. The molecule has 26 heavy (non-hydrogen) atoms. The van der Waals surface area contributed by atoms with E-state index in [0.717, 1.165) is 27.9 Å². The molecule has 1 N–H and O–H groups in total. The quantitative estimate of drug-likeness (QED) is 0.353. The number of tetrazole rings is 1. The molecule has 0 aliphatic carbocycles. The van der Waals surface area contributed by atoms with Gasteiger partial charge in [0.25, 0.3) is 0 Å². The molecule has 0 bridgehead atoms. The minimum atomic E-state index is 0.545. The van der Waals surface area contributed by atoms with E-state index >= 15 is 0 Å². The average molecular weight is 369 g/mol. The van der Waals surface area contributed by atoms with Crippen LogP contribution in [0.1, 0.15) is 5.56 Å². The Labute approximate surface area is 156 Å². The summed E-state index contributed by atoms with van der Waals surface area (Å²) in [5.74, 6) is 1.52. The molecule has 8 heteroatoms. The van der Waals surface area contributed by atoms with Gasteiger partial charge in [-0.05, 0) is 52.4 Å². The predicted octanol–water partition coefficient (Wildman–Crippen LogP) is 2.96. The van der Waals surface area contributed by atoms with Gasteiger partial charge in [0, 0.05) is 5.75 Å². The lowest BCUT2D eigenvalue weighted by molar-refractivity contribution is 0.137. The van der Waals surface area contributed by atoms with Gasteiger partial charge in [-0.1, -0.05) is 36.5 Å². The van der Waals surface area contributed by atoms with Crippen molar-refractivity contribution < 1.29 is 9.57 Å². The fourth-order valence-electron chi connectivity index (χ4n) is 2.23. The molecule has 0 spiro atoms. The Morgan fingerprint density at radius 1 is 1.15 bits per heavy atom. The van der Waals surface area contributed by atoms with Crippen molar-refractivity contribution in [2.75, 3.05) is 19.5 Å². The number of rotatable bonds is 9. The molecule has 0 saturated heterocycles. The summed E-state index contributed by atoms with van der Waals surface area (Å²) in [6.45, 7) is 4.42. The maximum absolute atomic E-state index is 5.76. The van der Waals surface area contributed by atoms with Gasteiger partial charge < -0.3 is 4.74 Å². The maximum atomic E-state index is 5.76. The van der Waals surface area contributed by atoms with Crippen molar-refractivity contribution in [1.29, 1.82) is 0 Å². The lowest BCUT2D eigenvalue weighted by Gasteiger charge is -2.09. The number of hydroxylamine groups is 1. The van der Waals surface area contributed by atoms with E-state index in [-0.39, 0.29) is 0 Å². The smallest absolute Gasteiger partial charge is 0.214 e. The molecular weight excluding hydrogens is 350 g/mol. The summed E-state index contributed by atoms with van der Waals surface area (Å²) in [5.41, 5.74) is 5.28. The molecule has 0 aliphatic heterocycles. The Balaban J connectivity index is 1.49. The summed E-state index contributed by atoms with van der Waals surface area (Å²) in [7, 11) is 1.55. The van der Waals surface area contributed by atoms with Crippen LogP contribution >= 0.6 is 11.8 Å². The van der Waals surface area contributed by atoms with E-state index in [2.05, 4.69) is 27.6 Å². The predicted molar refractivity (Wildman–Crippen MR) is 101 cm³/mol. The van der Waals surface area contributed by atoms with Crippen molar-refractivity contribution in [2.45, 2.75) is 5.16 Å². The normalized spacial score (nSPS) is 10.5. The molecule has 1 heterocycles. The van der Waals surface area contributed by atoms with Gasteiger partial charge in [0.2, 0.25) is 5.16 Å². The molecule has 134 valence electrons. The zero-order chi connectivity index (χ0) is 18.2. The van der Waals surface area contributed by atoms with E-state index in [1.807, 2.05) is 54.6 Å². The maximum Gasteiger partial charge on any atom is 0.214 e. The second-order valence-electron chi connectivity index (χ2n) is 5.21. The van der Waals surface area contributed by atoms with Crippen LogP contribution in [0, 0.1) is 0 Å². The number of aromatic nitrogens is 4. The van der Waals surface area contributed by atoms with Crippen molar-refractivity contribution in [3.8, 4) is 11.4 Å². The summed E-state index contributed by atoms with van der Waals surface area (Å²) in [6.07, 6.45) is 0. The van der Waals surface area contributed by atoms with Crippen molar-refractivity contribution in [2.24, 2.45) is 0 Å². The van der Waals surface area contributed by atoms with E-state index in [0.29, 0.717) is 12.3 Å². The van der Waals surface area contributed by atoms with Crippen LogP contribution in [0.25, 0.3) is 11.4 Å². The highest BCUT2D eigenvalue weighted by atomic mass is 32.2. The third kappa shape index (κ3) is 4.62. The summed E-state index contributed by atoms with van der Waals surface area (Å²) >= 11 is 1.54. The van der Waals surface area contributed by atoms with E-state index in [4.69, 9.17) is 9.57 Å². The fraction of sp³-hybridized carbons (Fsp3) is 0.167.